The van der Waals surface area contributed by atoms with E-state index in [4.69, 9.17) is 24.4 Å². The molecule has 7 nitrogen and oxygen atoms in total. The SMILES string of the molecule is CCCCCCCCCCCCOCC(O)COc1ccc(-c2nc(-c3ccccc3-c3ccc(C)cc3C)nc(-c3ccccc3-c3ccc(C)cc3C)n2)c(O)c1. The highest BCUT2D eigenvalue weighted by Gasteiger charge is 2.20. The molecule has 7 heteroatoms. The molecule has 1 heterocycles. The highest BCUT2D eigenvalue weighted by atomic mass is 16.5. The second-order valence-corrected chi connectivity index (χ2v) is 15.9. The maximum Gasteiger partial charge on any atom is 0.167 e. The number of hydrogen-bond donors (Lipinski definition) is 2. The largest absolute Gasteiger partial charge is 0.507 e. The van der Waals surface area contributed by atoms with Gasteiger partial charge in [0.05, 0.1) is 12.2 Å². The first-order chi connectivity index (χ1) is 28.7. The van der Waals surface area contributed by atoms with Crippen LogP contribution in [0.2, 0.25) is 0 Å². The molecule has 0 aliphatic rings. The highest BCUT2D eigenvalue weighted by Crippen LogP contribution is 2.38. The Hall–Kier alpha value is -5.37. The number of phenols is 1. The van der Waals surface area contributed by atoms with Crippen molar-refractivity contribution in [1.29, 1.82) is 0 Å². The van der Waals surface area contributed by atoms with Gasteiger partial charge in [-0.2, -0.15) is 0 Å². The van der Waals surface area contributed by atoms with Crippen molar-refractivity contribution in [3.8, 4) is 67.9 Å². The van der Waals surface area contributed by atoms with Gasteiger partial charge in [-0.3, -0.25) is 0 Å². The van der Waals surface area contributed by atoms with Gasteiger partial charge in [-0.1, -0.05) is 161 Å². The summed E-state index contributed by atoms with van der Waals surface area (Å²) < 4.78 is 11.7. The van der Waals surface area contributed by atoms with E-state index in [1.165, 1.54) is 62.5 Å². The number of nitrogens with zero attached hydrogens (tertiary/aromatic N) is 3. The number of hydrogen-bond acceptors (Lipinski definition) is 7. The number of aliphatic hydroxyl groups is 1. The van der Waals surface area contributed by atoms with Crippen LogP contribution in [0, 0.1) is 27.7 Å². The zero-order valence-electron chi connectivity index (χ0n) is 35.6. The van der Waals surface area contributed by atoms with Gasteiger partial charge < -0.3 is 19.7 Å². The fourth-order valence-corrected chi connectivity index (χ4v) is 7.74. The van der Waals surface area contributed by atoms with E-state index in [0.29, 0.717) is 35.4 Å². The molecule has 0 spiro atoms. The van der Waals surface area contributed by atoms with Crippen LogP contribution < -0.4 is 4.74 Å². The van der Waals surface area contributed by atoms with Gasteiger partial charge in [-0.25, -0.2) is 15.0 Å². The summed E-state index contributed by atoms with van der Waals surface area (Å²) in [4.78, 5) is 15.2. The fourth-order valence-electron chi connectivity index (χ4n) is 7.74. The lowest BCUT2D eigenvalue weighted by atomic mass is 9.93. The summed E-state index contributed by atoms with van der Waals surface area (Å²) in [5.74, 6) is 1.71. The van der Waals surface area contributed by atoms with Crippen molar-refractivity contribution in [3.05, 3.63) is 125 Å². The van der Waals surface area contributed by atoms with Crippen molar-refractivity contribution in [1.82, 2.24) is 15.0 Å². The summed E-state index contributed by atoms with van der Waals surface area (Å²) in [6.45, 7) is 11.6. The average Bonchev–Trinajstić information content (AvgIpc) is 3.23. The number of unbranched alkanes of at least 4 members (excludes halogenated alkanes) is 9. The van der Waals surface area contributed by atoms with E-state index in [0.717, 1.165) is 57.3 Å². The van der Waals surface area contributed by atoms with Crippen LogP contribution in [0.4, 0.5) is 0 Å². The van der Waals surface area contributed by atoms with Crippen LogP contribution in [0.15, 0.2) is 103 Å². The molecule has 6 rings (SSSR count). The lowest BCUT2D eigenvalue weighted by molar-refractivity contribution is 0.0109. The lowest BCUT2D eigenvalue weighted by Crippen LogP contribution is -2.23. The Kier molecular flexibility index (Phi) is 15.8. The zero-order valence-corrected chi connectivity index (χ0v) is 35.6. The summed E-state index contributed by atoms with van der Waals surface area (Å²) in [5, 5.41) is 22.1. The number of phenolic OH excluding ortho intramolecular Hbond substituents is 1. The third-order valence-electron chi connectivity index (χ3n) is 10.9. The molecule has 1 aromatic heterocycles. The van der Waals surface area contributed by atoms with Gasteiger partial charge in [0.1, 0.15) is 24.2 Å². The van der Waals surface area contributed by atoms with Crippen molar-refractivity contribution < 1.29 is 19.7 Å². The Morgan fingerprint density at radius 1 is 0.492 bits per heavy atom. The van der Waals surface area contributed by atoms with E-state index in [9.17, 15) is 10.2 Å². The molecule has 0 bridgehead atoms. The van der Waals surface area contributed by atoms with E-state index >= 15 is 0 Å². The minimum absolute atomic E-state index is 0.0392. The van der Waals surface area contributed by atoms with Gasteiger partial charge in [-0.05, 0) is 79.6 Å². The molecule has 59 heavy (non-hydrogen) atoms. The van der Waals surface area contributed by atoms with E-state index in [1.807, 2.05) is 36.4 Å². The molecule has 1 unspecified atom stereocenters. The molecule has 0 amide bonds. The number of aryl methyl sites for hydroxylation is 4. The smallest absolute Gasteiger partial charge is 0.167 e. The Labute approximate surface area is 351 Å². The van der Waals surface area contributed by atoms with E-state index in [-0.39, 0.29) is 19.0 Å². The van der Waals surface area contributed by atoms with Gasteiger partial charge in [-0.15, -0.1) is 0 Å². The summed E-state index contributed by atoms with van der Waals surface area (Å²) >= 11 is 0. The van der Waals surface area contributed by atoms with Crippen LogP contribution in [0.5, 0.6) is 11.5 Å². The monoisotopic (exact) mass is 791 g/mol. The summed E-state index contributed by atoms with van der Waals surface area (Å²) in [6.07, 6.45) is 11.9. The third-order valence-corrected chi connectivity index (χ3v) is 10.9. The predicted octanol–water partition coefficient (Wildman–Crippen LogP) is 12.8. The zero-order chi connectivity index (χ0) is 41.6. The molecule has 0 radical (unpaired) electrons. The van der Waals surface area contributed by atoms with Gasteiger partial charge in [0.25, 0.3) is 0 Å². The molecule has 2 N–H and O–H groups in total. The summed E-state index contributed by atoms with van der Waals surface area (Å²) in [6, 6.07) is 34.3. The molecule has 0 aliphatic carbocycles. The molecule has 6 aromatic rings. The molecular weight excluding hydrogens is 731 g/mol. The summed E-state index contributed by atoms with van der Waals surface area (Å²) in [7, 11) is 0. The van der Waals surface area contributed by atoms with Crippen LogP contribution in [-0.2, 0) is 4.74 Å². The van der Waals surface area contributed by atoms with Crippen LogP contribution in [0.3, 0.4) is 0 Å². The Bertz CT molecular complexity index is 2170. The summed E-state index contributed by atoms with van der Waals surface area (Å²) in [5.41, 5.74) is 11.1. The molecule has 1 atom stereocenters. The first-order valence-electron chi connectivity index (χ1n) is 21.5. The normalized spacial score (nSPS) is 11.8. The first-order valence-corrected chi connectivity index (χ1v) is 21.5. The second-order valence-electron chi connectivity index (χ2n) is 15.9. The lowest BCUT2D eigenvalue weighted by Gasteiger charge is -2.16. The third kappa shape index (κ3) is 11.9. The molecule has 5 aromatic carbocycles. The molecule has 0 saturated heterocycles. The maximum absolute atomic E-state index is 11.5. The van der Waals surface area contributed by atoms with E-state index in [1.54, 1.807) is 18.2 Å². The van der Waals surface area contributed by atoms with Gasteiger partial charge in [0.15, 0.2) is 17.5 Å². The van der Waals surface area contributed by atoms with Crippen molar-refractivity contribution in [2.24, 2.45) is 0 Å². The first kappa shape index (κ1) is 43.2. The predicted molar refractivity (Wildman–Crippen MR) is 242 cm³/mol. The molecule has 308 valence electrons. The number of aliphatic hydroxyl groups excluding tert-OH is 1. The minimum atomic E-state index is -0.789. The van der Waals surface area contributed by atoms with Crippen molar-refractivity contribution in [2.75, 3.05) is 19.8 Å². The molecule has 0 saturated carbocycles. The molecule has 0 aliphatic heterocycles. The van der Waals surface area contributed by atoms with Gasteiger partial charge in [0.2, 0.25) is 0 Å². The quantitative estimate of drug-likeness (QED) is 0.0701. The second kappa shape index (κ2) is 21.6. The number of ether oxygens (including phenoxy) is 2. The maximum atomic E-state index is 11.5. The van der Waals surface area contributed by atoms with Crippen molar-refractivity contribution >= 4 is 0 Å². The standard InChI is InChI=1S/C52H61N3O4/c1-6-7-8-9-10-11-12-13-14-19-30-58-34-40(56)35-59-41-26-29-48(49(57)33-41)52-54-50(46-22-17-15-20-44(46)42-27-24-36(2)31-38(42)4)53-51(55-52)47-23-18-16-21-45(47)43-28-25-37(3)32-39(43)5/h15-18,20-29,31-33,40,56-57H,6-14,19,30,34-35H2,1-5H3. The Morgan fingerprint density at radius 2 is 0.949 bits per heavy atom. The number of benzene rings is 5. The highest BCUT2D eigenvalue weighted by molar-refractivity contribution is 5.86. The van der Waals surface area contributed by atoms with Crippen LogP contribution in [0.25, 0.3) is 56.4 Å². The van der Waals surface area contributed by atoms with Gasteiger partial charge >= 0.3 is 0 Å². The Balaban J connectivity index is 1.21. The topological polar surface area (TPSA) is 97.6 Å². The minimum Gasteiger partial charge on any atom is -0.507 e. The van der Waals surface area contributed by atoms with Crippen molar-refractivity contribution in [2.45, 2.75) is 105 Å². The van der Waals surface area contributed by atoms with Crippen LogP contribution in [-0.4, -0.2) is 51.1 Å². The van der Waals surface area contributed by atoms with E-state index in [2.05, 4.69) is 83.1 Å². The number of aromatic nitrogens is 3. The van der Waals surface area contributed by atoms with Gasteiger partial charge in [0, 0.05) is 23.8 Å². The molecule has 0 fully saturated rings. The Morgan fingerprint density at radius 3 is 1.44 bits per heavy atom. The van der Waals surface area contributed by atoms with Crippen LogP contribution >= 0.6 is 0 Å². The van der Waals surface area contributed by atoms with Crippen LogP contribution in [0.1, 0.15) is 93.4 Å². The number of rotatable bonds is 21. The van der Waals surface area contributed by atoms with Crippen molar-refractivity contribution in [3.63, 3.8) is 0 Å². The number of aromatic hydroxyl groups is 1. The molecular formula is C52H61N3O4. The van der Waals surface area contributed by atoms with E-state index < -0.39 is 6.10 Å². The average molecular weight is 792 g/mol. The fraction of sp³-hybridized carbons (Fsp3) is 0.365.